The summed E-state index contributed by atoms with van der Waals surface area (Å²) in [7, 11) is 0. The molecular formula is C19H28N2O3. The van der Waals surface area contributed by atoms with E-state index in [9.17, 15) is 14.7 Å². The molecular weight excluding hydrogens is 304 g/mol. The van der Waals surface area contributed by atoms with E-state index < -0.39 is 5.60 Å². The first-order chi connectivity index (χ1) is 11.3. The molecule has 24 heavy (non-hydrogen) atoms. The summed E-state index contributed by atoms with van der Waals surface area (Å²) in [5, 5.41) is 15.9. The normalized spacial score (nSPS) is 16.5. The molecule has 5 heteroatoms. The Bertz CT molecular complexity index is 592. The van der Waals surface area contributed by atoms with Crippen molar-refractivity contribution in [3.8, 4) is 0 Å². The number of amides is 2. The highest BCUT2D eigenvalue weighted by Crippen LogP contribution is 2.30. The number of anilines is 1. The maximum absolute atomic E-state index is 12.3. The van der Waals surface area contributed by atoms with E-state index in [-0.39, 0.29) is 24.3 Å². The van der Waals surface area contributed by atoms with Crippen molar-refractivity contribution in [3.63, 3.8) is 0 Å². The van der Waals surface area contributed by atoms with E-state index in [2.05, 4.69) is 24.5 Å². The zero-order valence-electron chi connectivity index (χ0n) is 14.8. The Kier molecular flexibility index (Phi) is 5.99. The Morgan fingerprint density at radius 3 is 2.67 bits per heavy atom. The van der Waals surface area contributed by atoms with Gasteiger partial charge >= 0.3 is 0 Å². The van der Waals surface area contributed by atoms with Crippen molar-refractivity contribution in [2.24, 2.45) is 11.8 Å². The first kappa shape index (κ1) is 18.5. The van der Waals surface area contributed by atoms with Gasteiger partial charge in [0.1, 0.15) is 0 Å². The summed E-state index contributed by atoms with van der Waals surface area (Å²) >= 11 is 0. The predicted molar refractivity (Wildman–Crippen MR) is 94.8 cm³/mol. The van der Waals surface area contributed by atoms with Crippen molar-refractivity contribution >= 4 is 17.5 Å². The minimum atomic E-state index is -0.919. The number of rotatable bonds is 8. The van der Waals surface area contributed by atoms with Gasteiger partial charge < -0.3 is 15.7 Å². The smallest absolute Gasteiger partial charge is 0.251 e. The highest BCUT2D eigenvalue weighted by Gasteiger charge is 2.29. The van der Waals surface area contributed by atoms with Crippen LogP contribution in [0.2, 0.25) is 0 Å². The lowest BCUT2D eigenvalue weighted by atomic mass is 9.95. The average molecular weight is 332 g/mol. The maximum atomic E-state index is 12.3. The van der Waals surface area contributed by atoms with E-state index in [0.29, 0.717) is 23.6 Å². The second-order valence-corrected chi connectivity index (χ2v) is 7.46. The quantitative estimate of drug-likeness (QED) is 0.685. The van der Waals surface area contributed by atoms with Crippen LogP contribution in [0.1, 0.15) is 56.8 Å². The number of carbonyl (C=O) groups excluding carboxylic acids is 2. The van der Waals surface area contributed by atoms with Crippen LogP contribution in [0, 0.1) is 11.8 Å². The van der Waals surface area contributed by atoms with Crippen LogP contribution in [-0.2, 0) is 4.79 Å². The van der Waals surface area contributed by atoms with Gasteiger partial charge in [-0.05, 0) is 56.7 Å². The Labute approximate surface area is 143 Å². The summed E-state index contributed by atoms with van der Waals surface area (Å²) in [5.41, 5.74) is 0.187. The number of hydrogen-bond acceptors (Lipinski definition) is 3. The Morgan fingerprint density at radius 2 is 2.04 bits per heavy atom. The minimum absolute atomic E-state index is 0.0178. The van der Waals surface area contributed by atoms with Gasteiger partial charge in [0.25, 0.3) is 5.91 Å². The number of nitrogens with one attached hydrogen (secondary N) is 2. The number of benzene rings is 1. The third-order valence-electron chi connectivity index (χ3n) is 4.23. The third-order valence-corrected chi connectivity index (χ3v) is 4.23. The van der Waals surface area contributed by atoms with Crippen LogP contribution < -0.4 is 10.6 Å². The topological polar surface area (TPSA) is 78.4 Å². The summed E-state index contributed by atoms with van der Waals surface area (Å²) < 4.78 is 0. The van der Waals surface area contributed by atoms with E-state index >= 15 is 0 Å². The van der Waals surface area contributed by atoms with Gasteiger partial charge in [0.2, 0.25) is 5.91 Å². The number of carbonyl (C=O) groups is 2. The lowest BCUT2D eigenvalue weighted by molar-refractivity contribution is -0.117. The molecule has 1 fully saturated rings. The minimum Gasteiger partial charge on any atom is -0.388 e. The molecule has 1 saturated carbocycles. The van der Waals surface area contributed by atoms with E-state index in [0.717, 1.165) is 19.3 Å². The monoisotopic (exact) mass is 332 g/mol. The van der Waals surface area contributed by atoms with Crippen LogP contribution in [0.5, 0.6) is 0 Å². The van der Waals surface area contributed by atoms with Crippen LogP contribution >= 0.6 is 0 Å². The molecule has 5 nitrogen and oxygen atoms in total. The largest absolute Gasteiger partial charge is 0.388 e. The van der Waals surface area contributed by atoms with Crippen LogP contribution in [0.25, 0.3) is 0 Å². The van der Waals surface area contributed by atoms with Crippen LogP contribution in [-0.4, -0.2) is 29.1 Å². The summed E-state index contributed by atoms with van der Waals surface area (Å²) in [6, 6.07) is 6.88. The molecule has 2 amide bonds. The fourth-order valence-electron chi connectivity index (χ4n) is 2.39. The molecule has 1 unspecified atom stereocenters. The molecule has 132 valence electrons. The molecule has 0 aliphatic heterocycles. The number of aliphatic hydroxyl groups is 1. The Morgan fingerprint density at radius 1 is 1.33 bits per heavy atom. The van der Waals surface area contributed by atoms with E-state index in [1.807, 2.05) is 0 Å². The highest BCUT2D eigenvalue weighted by atomic mass is 16.3. The van der Waals surface area contributed by atoms with Gasteiger partial charge in [0, 0.05) is 23.7 Å². The second-order valence-electron chi connectivity index (χ2n) is 7.46. The van der Waals surface area contributed by atoms with Gasteiger partial charge in [-0.2, -0.15) is 0 Å². The zero-order chi connectivity index (χ0) is 17.7. The number of hydrogen-bond donors (Lipinski definition) is 3. The lowest BCUT2D eigenvalue weighted by Crippen LogP contribution is -2.40. The molecule has 0 bridgehead atoms. The Hall–Kier alpha value is -1.88. The van der Waals surface area contributed by atoms with E-state index in [4.69, 9.17) is 0 Å². The zero-order valence-corrected chi connectivity index (χ0v) is 14.8. The second kappa shape index (κ2) is 7.79. The first-order valence-electron chi connectivity index (χ1n) is 8.68. The van der Waals surface area contributed by atoms with Gasteiger partial charge in [0.15, 0.2) is 0 Å². The summed E-state index contributed by atoms with van der Waals surface area (Å²) in [6.07, 6.45) is 3.43. The fraction of sp³-hybridized carbons (Fsp3) is 0.579. The predicted octanol–water partition coefficient (Wildman–Crippen LogP) is 2.95. The van der Waals surface area contributed by atoms with Gasteiger partial charge in [0.05, 0.1) is 5.60 Å². The van der Waals surface area contributed by atoms with Gasteiger partial charge in [-0.1, -0.05) is 19.9 Å². The SMILES string of the molecule is CC(C)CCC(C)(O)CNC(=O)c1cccc(NC(=O)C2CC2)c1. The van der Waals surface area contributed by atoms with Crippen molar-refractivity contribution in [2.75, 3.05) is 11.9 Å². The average Bonchev–Trinajstić information content (AvgIpc) is 3.36. The van der Waals surface area contributed by atoms with Crippen molar-refractivity contribution in [3.05, 3.63) is 29.8 Å². The molecule has 0 heterocycles. The van der Waals surface area contributed by atoms with Gasteiger partial charge in [-0.3, -0.25) is 9.59 Å². The molecule has 1 aromatic carbocycles. The molecule has 1 atom stereocenters. The fourth-order valence-corrected chi connectivity index (χ4v) is 2.39. The Balaban J connectivity index is 1.88. The van der Waals surface area contributed by atoms with Crippen molar-refractivity contribution < 1.29 is 14.7 Å². The lowest BCUT2D eigenvalue weighted by Gasteiger charge is -2.24. The maximum Gasteiger partial charge on any atom is 0.251 e. The molecule has 1 aliphatic carbocycles. The molecule has 0 spiro atoms. The standard InChI is InChI=1S/C19H28N2O3/c1-13(2)9-10-19(3,24)12-20-17(22)15-5-4-6-16(11-15)21-18(23)14-7-8-14/h4-6,11,13-14,24H,7-10,12H2,1-3H3,(H,20,22)(H,21,23). The summed E-state index contributed by atoms with van der Waals surface area (Å²) in [4.78, 5) is 24.1. The van der Waals surface area contributed by atoms with Gasteiger partial charge in [-0.25, -0.2) is 0 Å². The van der Waals surface area contributed by atoms with Crippen LogP contribution in [0.3, 0.4) is 0 Å². The van der Waals surface area contributed by atoms with Crippen molar-refractivity contribution in [2.45, 2.75) is 52.1 Å². The summed E-state index contributed by atoms with van der Waals surface area (Å²) in [5.74, 6) is 0.406. The molecule has 0 aromatic heterocycles. The highest BCUT2D eigenvalue weighted by molar-refractivity contribution is 5.98. The summed E-state index contributed by atoms with van der Waals surface area (Å²) in [6.45, 7) is 6.16. The van der Waals surface area contributed by atoms with Gasteiger partial charge in [-0.15, -0.1) is 0 Å². The van der Waals surface area contributed by atoms with E-state index in [1.165, 1.54) is 0 Å². The third kappa shape index (κ3) is 5.96. The molecule has 0 radical (unpaired) electrons. The molecule has 1 aliphatic rings. The molecule has 0 saturated heterocycles. The molecule has 2 rings (SSSR count). The first-order valence-corrected chi connectivity index (χ1v) is 8.68. The van der Waals surface area contributed by atoms with Crippen LogP contribution in [0.4, 0.5) is 5.69 Å². The van der Waals surface area contributed by atoms with E-state index in [1.54, 1.807) is 31.2 Å². The van der Waals surface area contributed by atoms with Crippen molar-refractivity contribution in [1.82, 2.24) is 5.32 Å². The molecule has 1 aromatic rings. The molecule has 3 N–H and O–H groups in total. The van der Waals surface area contributed by atoms with Crippen molar-refractivity contribution in [1.29, 1.82) is 0 Å². The van der Waals surface area contributed by atoms with Crippen LogP contribution in [0.15, 0.2) is 24.3 Å².